The first-order valence-electron chi connectivity index (χ1n) is 13.0. The summed E-state index contributed by atoms with van der Waals surface area (Å²) in [7, 11) is 0. The molecule has 1 aliphatic rings. The Morgan fingerprint density at radius 3 is 2.42 bits per heavy atom. The summed E-state index contributed by atoms with van der Waals surface area (Å²) in [6.45, 7) is 1.62. The van der Waals surface area contributed by atoms with E-state index in [0.29, 0.717) is 28.3 Å². The van der Waals surface area contributed by atoms with Gasteiger partial charge in [0.2, 0.25) is 0 Å². The Hall–Kier alpha value is -4.83. The standard InChI is InChI=1S/C29H22F6N6O3S/c1-17-2-12-22(28(30,31)32)23(14-17)41-25(42)15-45-27(41)38-26(43)37-19-6-3-18(4-7-19)5-13-24-36-16-40(39-24)20-8-10-21(11-9-20)44-29(33,34)35/h2-14,16,25,42H,15H2,1H3,(H,37,43)/b13-5+,38-27-. The van der Waals surface area contributed by atoms with Gasteiger partial charge < -0.3 is 15.2 Å². The fourth-order valence-corrected chi connectivity index (χ4v) is 5.17. The maximum Gasteiger partial charge on any atom is 0.573 e. The highest BCUT2D eigenvalue weighted by atomic mass is 32.2. The van der Waals surface area contributed by atoms with Crippen LogP contribution in [0.5, 0.6) is 5.75 Å². The Morgan fingerprint density at radius 2 is 1.76 bits per heavy atom. The van der Waals surface area contributed by atoms with Crippen LogP contribution in [0.4, 0.5) is 42.5 Å². The molecule has 45 heavy (non-hydrogen) atoms. The maximum atomic E-state index is 13.7. The summed E-state index contributed by atoms with van der Waals surface area (Å²) in [6.07, 6.45) is -6.09. The van der Waals surface area contributed by atoms with Gasteiger partial charge in [0.25, 0.3) is 0 Å². The smallest absolute Gasteiger partial charge is 0.406 e. The molecular formula is C29H22F6N6O3S. The van der Waals surface area contributed by atoms with Crippen molar-refractivity contribution in [1.82, 2.24) is 14.8 Å². The number of aromatic nitrogens is 3. The first-order chi connectivity index (χ1) is 21.2. The highest BCUT2D eigenvalue weighted by Crippen LogP contribution is 2.40. The van der Waals surface area contributed by atoms with Crippen LogP contribution in [0.25, 0.3) is 17.8 Å². The number of ether oxygens (including phenoxy) is 1. The summed E-state index contributed by atoms with van der Waals surface area (Å²) in [6, 6.07) is 14.3. The second-order valence-corrected chi connectivity index (χ2v) is 10.5. The fraction of sp³-hybridized carbons (Fsp3) is 0.172. The lowest BCUT2D eigenvalue weighted by molar-refractivity contribution is -0.274. The highest BCUT2D eigenvalue weighted by molar-refractivity contribution is 8.14. The molecule has 1 aromatic heterocycles. The van der Waals surface area contributed by atoms with Gasteiger partial charge in [-0.1, -0.05) is 36.0 Å². The number of amidine groups is 1. The zero-order valence-corrected chi connectivity index (χ0v) is 23.9. The predicted molar refractivity (Wildman–Crippen MR) is 157 cm³/mol. The second kappa shape index (κ2) is 12.6. The van der Waals surface area contributed by atoms with Gasteiger partial charge >= 0.3 is 18.6 Å². The topological polar surface area (TPSA) is 105 Å². The number of nitrogens with zero attached hydrogens (tertiary/aromatic N) is 5. The summed E-state index contributed by atoms with van der Waals surface area (Å²) in [4.78, 5) is 21.7. The van der Waals surface area contributed by atoms with Crippen molar-refractivity contribution in [3.05, 3.63) is 95.6 Å². The lowest BCUT2D eigenvalue weighted by Crippen LogP contribution is -2.36. The molecular weight excluding hydrogens is 626 g/mol. The van der Waals surface area contributed by atoms with E-state index in [1.165, 1.54) is 35.3 Å². The average Bonchev–Trinajstić information content (AvgIpc) is 3.58. The van der Waals surface area contributed by atoms with E-state index in [0.717, 1.165) is 34.9 Å². The number of hydrogen-bond acceptors (Lipinski definition) is 6. The Kier molecular flexibility index (Phi) is 8.88. The van der Waals surface area contributed by atoms with E-state index < -0.39 is 30.4 Å². The molecule has 0 aliphatic carbocycles. The zero-order chi connectivity index (χ0) is 32.4. The molecule has 0 saturated carbocycles. The van der Waals surface area contributed by atoms with Crippen molar-refractivity contribution in [3.63, 3.8) is 0 Å². The van der Waals surface area contributed by atoms with Gasteiger partial charge in [-0.3, -0.25) is 4.90 Å². The Balaban J connectivity index is 1.23. The Bertz CT molecular complexity index is 1740. The molecule has 1 atom stereocenters. The molecule has 4 aromatic rings. The van der Waals surface area contributed by atoms with Gasteiger partial charge in [-0.2, -0.15) is 18.2 Å². The van der Waals surface area contributed by atoms with Crippen LogP contribution in [0.1, 0.15) is 22.5 Å². The van der Waals surface area contributed by atoms with Gasteiger partial charge in [0.15, 0.2) is 11.0 Å². The van der Waals surface area contributed by atoms with E-state index in [4.69, 9.17) is 0 Å². The quantitative estimate of drug-likeness (QED) is 0.215. The van der Waals surface area contributed by atoms with Gasteiger partial charge in [0.05, 0.1) is 16.9 Å². The SMILES string of the molecule is Cc1ccc(C(F)(F)F)c(N2/C(=N/C(=O)Nc3ccc(/C=C/c4ncn(-c5ccc(OC(F)(F)F)cc5)n4)cc3)SCC2O)c1. The fourth-order valence-electron chi connectivity index (χ4n) is 4.21. The zero-order valence-electron chi connectivity index (χ0n) is 23.0. The molecule has 1 aliphatic heterocycles. The van der Waals surface area contributed by atoms with Crippen molar-refractivity contribution in [3.8, 4) is 11.4 Å². The molecule has 0 radical (unpaired) electrons. The van der Waals surface area contributed by atoms with Gasteiger partial charge in [-0.05, 0) is 72.7 Å². The van der Waals surface area contributed by atoms with Crippen molar-refractivity contribution in [1.29, 1.82) is 0 Å². The van der Waals surface area contributed by atoms with Gasteiger partial charge in [-0.15, -0.1) is 18.3 Å². The van der Waals surface area contributed by atoms with E-state index >= 15 is 0 Å². The summed E-state index contributed by atoms with van der Waals surface area (Å²) in [5.41, 5.74) is 0.830. The summed E-state index contributed by atoms with van der Waals surface area (Å²) < 4.78 is 83.3. The lowest BCUT2D eigenvalue weighted by atomic mass is 10.1. The first kappa shape index (κ1) is 31.6. The van der Waals surface area contributed by atoms with Crippen LogP contribution in [0.2, 0.25) is 0 Å². The van der Waals surface area contributed by atoms with E-state index in [1.807, 2.05) is 0 Å². The summed E-state index contributed by atoms with van der Waals surface area (Å²) in [5.74, 6) is -0.0188. The van der Waals surface area contributed by atoms with Crippen molar-refractivity contribution >= 4 is 46.5 Å². The summed E-state index contributed by atoms with van der Waals surface area (Å²) in [5, 5.41) is 17.2. The number of thioether (sulfide) groups is 1. The molecule has 2 amide bonds. The van der Waals surface area contributed by atoms with Crippen molar-refractivity contribution in [2.75, 3.05) is 16.0 Å². The number of rotatable bonds is 6. The van der Waals surface area contributed by atoms with Crippen LogP contribution in [-0.4, -0.2) is 49.4 Å². The number of carbonyl (C=O) groups is 1. The molecule has 0 bridgehead atoms. The monoisotopic (exact) mass is 648 g/mol. The lowest BCUT2D eigenvalue weighted by Gasteiger charge is -2.26. The van der Waals surface area contributed by atoms with E-state index in [9.17, 15) is 36.2 Å². The van der Waals surface area contributed by atoms with E-state index in [-0.39, 0.29) is 22.4 Å². The van der Waals surface area contributed by atoms with Crippen LogP contribution < -0.4 is 15.0 Å². The number of nitrogens with one attached hydrogen (secondary N) is 1. The molecule has 1 saturated heterocycles. The third-order valence-electron chi connectivity index (χ3n) is 6.21. The predicted octanol–water partition coefficient (Wildman–Crippen LogP) is 7.12. The number of urea groups is 1. The molecule has 1 fully saturated rings. The molecule has 0 spiro atoms. The molecule has 3 aromatic carbocycles. The van der Waals surface area contributed by atoms with Crippen molar-refractivity contribution in [2.24, 2.45) is 4.99 Å². The second-order valence-electron chi connectivity index (χ2n) is 9.55. The Morgan fingerprint density at radius 1 is 1.04 bits per heavy atom. The third kappa shape index (κ3) is 8.02. The summed E-state index contributed by atoms with van der Waals surface area (Å²) >= 11 is 0.956. The molecule has 2 heterocycles. The number of anilines is 2. The molecule has 1 unspecified atom stereocenters. The number of carbonyl (C=O) groups excluding carboxylic acids is 1. The number of alkyl halides is 6. The van der Waals surface area contributed by atoms with E-state index in [2.05, 4.69) is 25.1 Å². The minimum atomic E-state index is -4.79. The minimum Gasteiger partial charge on any atom is -0.406 e. The number of aryl methyl sites for hydroxylation is 1. The van der Waals surface area contributed by atoms with Gasteiger partial charge in [-0.25, -0.2) is 14.5 Å². The average molecular weight is 649 g/mol. The first-order valence-corrected chi connectivity index (χ1v) is 14.0. The minimum absolute atomic E-state index is 0.0225. The van der Waals surface area contributed by atoms with Crippen molar-refractivity contribution < 1.29 is 41.0 Å². The normalized spacial score (nSPS) is 16.5. The van der Waals surface area contributed by atoms with Gasteiger partial charge in [0, 0.05) is 11.4 Å². The Labute approximate surface area is 255 Å². The molecule has 9 nitrogen and oxygen atoms in total. The number of benzene rings is 3. The largest absolute Gasteiger partial charge is 0.573 e. The van der Waals surface area contributed by atoms with Crippen LogP contribution in [0, 0.1) is 6.92 Å². The number of amides is 2. The van der Waals surface area contributed by atoms with Gasteiger partial charge in [0.1, 0.15) is 18.3 Å². The number of halogens is 6. The highest BCUT2D eigenvalue weighted by Gasteiger charge is 2.39. The molecule has 234 valence electrons. The van der Waals surface area contributed by atoms with Crippen LogP contribution >= 0.6 is 11.8 Å². The third-order valence-corrected chi connectivity index (χ3v) is 7.22. The molecule has 5 rings (SSSR count). The van der Waals surface area contributed by atoms with Crippen LogP contribution in [-0.2, 0) is 6.18 Å². The molecule has 16 heteroatoms. The van der Waals surface area contributed by atoms with Crippen LogP contribution in [0.15, 0.2) is 78.0 Å². The maximum absolute atomic E-state index is 13.7. The number of hydrogen-bond donors (Lipinski definition) is 2. The van der Waals surface area contributed by atoms with Crippen molar-refractivity contribution in [2.45, 2.75) is 25.7 Å². The van der Waals surface area contributed by atoms with Crippen LogP contribution in [0.3, 0.4) is 0 Å². The number of aliphatic imine (C=N–C) groups is 1. The molecule has 2 N–H and O–H groups in total. The van der Waals surface area contributed by atoms with E-state index in [1.54, 1.807) is 43.3 Å². The number of aliphatic hydroxyl groups is 1. The number of aliphatic hydroxyl groups excluding tert-OH is 1.